The van der Waals surface area contributed by atoms with E-state index in [4.69, 9.17) is 47.4 Å². The Morgan fingerprint density at radius 1 is 1.18 bits per heavy atom. The number of pyridine rings is 1. The highest BCUT2D eigenvalue weighted by Gasteiger charge is 2.28. The van der Waals surface area contributed by atoms with Gasteiger partial charge in [-0.2, -0.15) is 0 Å². The van der Waals surface area contributed by atoms with Gasteiger partial charge in [-0.05, 0) is 29.9 Å². The van der Waals surface area contributed by atoms with Crippen molar-refractivity contribution < 1.29 is 19.0 Å². The summed E-state index contributed by atoms with van der Waals surface area (Å²) in [5.41, 5.74) is 0.973. The van der Waals surface area contributed by atoms with Crippen LogP contribution < -0.4 is 20.1 Å². The molecule has 0 spiro atoms. The van der Waals surface area contributed by atoms with Gasteiger partial charge in [-0.15, -0.1) is 0 Å². The van der Waals surface area contributed by atoms with Crippen LogP contribution in [0.15, 0.2) is 31.0 Å². The molecule has 0 aliphatic carbocycles. The van der Waals surface area contributed by atoms with E-state index in [-0.39, 0.29) is 33.2 Å². The lowest BCUT2D eigenvalue weighted by atomic mass is 9.89. The van der Waals surface area contributed by atoms with Crippen LogP contribution in [0.5, 0.6) is 11.5 Å². The molecule has 1 aliphatic rings. The van der Waals surface area contributed by atoms with Crippen molar-refractivity contribution in [3.05, 3.63) is 41.0 Å². The molecule has 3 heterocycles. The fourth-order valence-corrected chi connectivity index (χ4v) is 5.18. The Hall–Kier alpha value is -3.14. The lowest BCUT2D eigenvalue weighted by Gasteiger charge is -2.32. The van der Waals surface area contributed by atoms with E-state index in [9.17, 15) is 4.79 Å². The van der Waals surface area contributed by atoms with Crippen molar-refractivity contribution in [2.75, 3.05) is 44.6 Å². The van der Waals surface area contributed by atoms with Crippen molar-refractivity contribution in [2.24, 2.45) is 11.3 Å². The third kappa shape index (κ3) is 6.77. The molecule has 40 heavy (non-hydrogen) atoms. The summed E-state index contributed by atoms with van der Waals surface area (Å²) in [5.74, 6) is 2.46. The molecule has 2 aromatic heterocycles. The number of rotatable bonds is 10. The topological polar surface area (TPSA) is 107 Å². The Bertz CT molecular complexity index is 1380. The Balaban J connectivity index is 1.79. The van der Waals surface area contributed by atoms with Crippen LogP contribution in [0, 0.1) is 11.3 Å². The number of ether oxygens (including phenoxy) is 3. The van der Waals surface area contributed by atoms with Crippen molar-refractivity contribution in [1.82, 2.24) is 15.0 Å². The molecule has 0 bridgehead atoms. The number of allylic oxidation sites excluding steroid dienone is 1. The van der Waals surface area contributed by atoms with E-state index in [1.165, 1.54) is 20.3 Å². The van der Waals surface area contributed by atoms with Gasteiger partial charge in [-0.3, -0.25) is 4.79 Å². The molecule has 1 saturated heterocycles. The molecule has 0 unspecified atom stereocenters. The third-order valence-corrected chi connectivity index (χ3v) is 7.44. The quantitative estimate of drug-likeness (QED) is 0.259. The maximum atomic E-state index is 12.1. The molecule has 1 aromatic carbocycles. The average Bonchev–Trinajstić information content (AvgIpc) is 2.92. The number of fused-ring (bicyclic) bond motifs is 1. The van der Waals surface area contributed by atoms with Crippen LogP contribution in [0.2, 0.25) is 10.0 Å². The number of carbonyl (C=O) groups is 1. The van der Waals surface area contributed by atoms with E-state index in [1.807, 2.05) is 6.07 Å². The first kappa shape index (κ1) is 29.8. The summed E-state index contributed by atoms with van der Waals surface area (Å²) in [4.78, 5) is 26.3. The first-order valence-corrected chi connectivity index (χ1v) is 13.8. The SMILES string of the molecule is C=CC(=O)C[C@H]1CCOC[C@H]1Nc1cc2c(NCC(C)(C)C)nc(-c3c(Cl)c(OC)cc(OC)c3Cl)nc2cn1. The Morgan fingerprint density at radius 2 is 1.88 bits per heavy atom. The smallest absolute Gasteiger partial charge is 0.165 e. The van der Waals surface area contributed by atoms with Crippen LogP contribution in [0.4, 0.5) is 11.6 Å². The molecule has 1 fully saturated rings. The summed E-state index contributed by atoms with van der Waals surface area (Å²) in [6.07, 6.45) is 4.24. The normalized spacial score (nSPS) is 17.4. The van der Waals surface area contributed by atoms with E-state index in [0.717, 1.165) is 11.8 Å². The van der Waals surface area contributed by atoms with Crippen LogP contribution in [0.3, 0.4) is 0 Å². The minimum Gasteiger partial charge on any atom is -0.495 e. The van der Waals surface area contributed by atoms with Gasteiger partial charge in [0, 0.05) is 31.0 Å². The number of hydrogen-bond acceptors (Lipinski definition) is 9. The van der Waals surface area contributed by atoms with E-state index in [0.29, 0.717) is 66.2 Å². The van der Waals surface area contributed by atoms with Crippen molar-refractivity contribution in [3.8, 4) is 22.9 Å². The molecule has 0 radical (unpaired) electrons. The van der Waals surface area contributed by atoms with Crippen molar-refractivity contribution in [2.45, 2.75) is 39.7 Å². The Morgan fingerprint density at radius 3 is 2.50 bits per heavy atom. The number of benzene rings is 1. The highest BCUT2D eigenvalue weighted by Crippen LogP contribution is 2.45. The van der Waals surface area contributed by atoms with Crippen molar-refractivity contribution >= 4 is 51.5 Å². The maximum Gasteiger partial charge on any atom is 0.165 e. The highest BCUT2D eigenvalue weighted by molar-refractivity contribution is 6.41. The Labute approximate surface area is 244 Å². The molecule has 0 saturated carbocycles. The molecule has 0 amide bonds. The minimum absolute atomic E-state index is 0.0197. The van der Waals surface area contributed by atoms with Gasteiger partial charge in [0.1, 0.15) is 23.1 Å². The summed E-state index contributed by atoms with van der Waals surface area (Å²) in [6, 6.07) is 3.45. The zero-order valence-corrected chi connectivity index (χ0v) is 24.9. The van der Waals surface area contributed by atoms with Gasteiger partial charge < -0.3 is 24.8 Å². The predicted molar refractivity (Wildman–Crippen MR) is 160 cm³/mol. The van der Waals surface area contributed by atoms with Crippen molar-refractivity contribution in [1.29, 1.82) is 0 Å². The molecule has 1 aliphatic heterocycles. The van der Waals surface area contributed by atoms with Crippen LogP contribution in [-0.4, -0.2) is 60.8 Å². The van der Waals surface area contributed by atoms with E-state index >= 15 is 0 Å². The van der Waals surface area contributed by atoms with Gasteiger partial charge in [-0.25, -0.2) is 15.0 Å². The van der Waals surface area contributed by atoms with Crippen molar-refractivity contribution in [3.63, 3.8) is 0 Å². The molecule has 9 nitrogen and oxygen atoms in total. The second-order valence-corrected chi connectivity index (χ2v) is 11.7. The van der Waals surface area contributed by atoms with Gasteiger partial charge in [-0.1, -0.05) is 50.6 Å². The monoisotopic (exact) mass is 587 g/mol. The van der Waals surface area contributed by atoms with E-state index in [2.05, 4.69) is 43.0 Å². The number of hydrogen-bond donors (Lipinski definition) is 2. The number of nitrogens with zero attached hydrogens (tertiary/aromatic N) is 3. The van der Waals surface area contributed by atoms with Gasteiger partial charge in [0.2, 0.25) is 0 Å². The van der Waals surface area contributed by atoms with Crippen LogP contribution in [0.25, 0.3) is 22.3 Å². The van der Waals surface area contributed by atoms with E-state index in [1.54, 1.807) is 12.3 Å². The summed E-state index contributed by atoms with van der Waals surface area (Å²) in [5, 5.41) is 8.26. The molecular formula is C29H35Cl2N5O4. The minimum atomic E-state index is -0.0735. The predicted octanol–water partition coefficient (Wildman–Crippen LogP) is 6.44. The lowest BCUT2D eigenvalue weighted by molar-refractivity contribution is -0.116. The third-order valence-electron chi connectivity index (χ3n) is 6.69. The molecule has 4 rings (SSSR count). The summed E-state index contributed by atoms with van der Waals surface area (Å²) >= 11 is 13.4. The zero-order chi connectivity index (χ0) is 29.0. The van der Waals surface area contributed by atoms with Gasteiger partial charge in [0.15, 0.2) is 11.6 Å². The number of carbonyl (C=O) groups excluding carboxylic acids is 1. The fourth-order valence-electron chi connectivity index (χ4n) is 4.51. The van der Waals surface area contributed by atoms with Crippen LogP contribution in [0.1, 0.15) is 33.6 Å². The number of ketones is 1. The standard InChI is InChI=1S/C29H35Cl2N5O4/c1-7-17(37)10-16-8-9-40-14-20(16)34-23-11-18-19(13-32-23)35-28(36-27(18)33-15-29(2,3)4)24-25(30)21(38-5)12-22(39-6)26(24)31/h7,11-13,16,20H,1,8-10,14-15H2,2-6H3,(H,32,34)(H,33,35,36)/t16-,20-/m1/s1. The number of anilines is 2. The molecule has 11 heteroatoms. The number of aromatic nitrogens is 3. The van der Waals surface area contributed by atoms with Crippen LogP contribution in [-0.2, 0) is 9.53 Å². The highest BCUT2D eigenvalue weighted by atomic mass is 35.5. The zero-order valence-electron chi connectivity index (χ0n) is 23.4. The van der Waals surface area contributed by atoms with Gasteiger partial charge in [0.25, 0.3) is 0 Å². The first-order valence-electron chi connectivity index (χ1n) is 13.1. The summed E-state index contributed by atoms with van der Waals surface area (Å²) < 4.78 is 16.6. The van der Waals surface area contributed by atoms with Gasteiger partial charge in [0.05, 0.1) is 54.2 Å². The van der Waals surface area contributed by atoms with Gasteiger partial charge >= 0.3 is 0 Å². The number of methoxy groups -OCH3 is 2. The van der Waals surface area contributed by atoms with Crippen LogP contribution >= 0.6 is 23.2 Å². The second-order valence-electron chi connectivity index (χ2n) is 10.9. The summed E-state index contributed by atoms with van der Waals surface area (Å²) in [7, 11) is 3.03. The molecule has 3 aromatic rings. The largest absolute Gasteiger partial charge is 0.495 e. The number of halogens is 2. The first-order chi connectivity index (χ1) is 19.0. The fraction of sp³-hybridized carbons (Fsp3) is 0.448. The second kappa shape index (κ2) is 12.6. The van der Waals surface area contributed by atoms with E-state index < -0.39 is 0 Å². The Kier molecular flexibility index (Phi) is 9.38. The lowest BCUT2D eigenvalue weighted by Crippen LogP contribution is -2.39. The average molecular weight is 589 g/mol. The maximum absolute atomic E-state index is 12.1. The molecular weight excluding hydrogens is 553 g/mol. The molecule has 214 valence electrons. The molecule has 2 N–H and O–H groups in total. The summed E-state index contributed by atoms with van der Waals surface area (Å²) in [6.45, 7) is 11.8. The molecule has 2 atom stereocenters. The number of nitrogens with one attached hydrogen (secondary N) is 2.